The van der Waals surface area contributed by atoms with Crippen LogP contribution in [0.15, 0.2) is 27.3 Å². The molecule has 1 aliphatic rings. The summed E-state index contributed by atoms with van der Waals surface area (Å²) >= 11 is 0. The molecule has 0 radical (unpaired) electrons. The second kappa shape index (κ2) is 6.00. The van der Waals surface area contributed by atoms with Crippen molar-refractivity contribution in [3.05, 3.63) is 35.9 Å². The number of carbonyl (C=O) groups excluding carboxylic acids is 2. The van der Waals surface area contributed by atoms with E-state index in [1.807, 2.05) is 0 Å². The number of aryl methyl sites for hydroxylation is 1. The minimum Gasteiger partial charge on any atom is -0.459 e. The number of nitrogens with zero attached hydrogens (tertiary/aromatic N) is 4. The Morgan fingerprint density at radius 3 is 2.55 bits per heavy atom. The second-order valence-electron chi connectivity index (χ2n) is 5.06. The molecular weight excluding hydrogens is 288 g/mol. The van der Waals surface area contributed by atoms with Crippen molar-refractivity contribution in [2.75, 3.05) is 26.2 Å². The molecular formula is C14H16N4O4. The summed E-state index contributed by atoms with van der Waals surface area (Å²) in [5, 5.41) is 3.66. The maximum atomic E-state index is 12.2. The van der Waals surface area contributed by atoms with Crippen LogP contribution in [0.25, 0.3) is 0 Å². The van der Waals surface area contributed by atoms with E-state index in [1.165, 1.54) is 6.26 Å². The topological polar surface area (TPSA) is 92.7 Å². The Bertz CT molecular complexity index is 656. The van der Waals surface area contributed by atoms with E-state index in [-0.39, 0.29) is 18.2 Å². The number of carbonyl (C=O) groups is 2. The largest absolute Gasteiger partial charge is 0.459 e. The van der Waals surface area contributed by atoms with E-state index in [9.17, 15) is 9.59 Å². The van der Waals surface area contributed by atoms with Gasteiger partial charge in [-0.3, -0.25) is 9.59 Å². The maximum absolute atomic E-state index is 12.2. The molecule has 3 heterocycles. The molecule has 0 saturated carbocycles. The lowest BCUT2D eigenvalue weighted by molar-refractivity contribution is -0.132. The van der Waals surface area contributed by atoms with Crippen LogP contribution in [0.1, 0.15) is 22.3 Å². The summed E-state index contributed by atoms with van der Waals surface area (Å²) in [6.07, 6.45) is 1.56. The minimum absolute atomic E-state index is 0.0752. The van der Waals surface area contributed by atoms with Gasteiger partial charge in [-0.1, -0.05) is 5.16 Å². The molecule has 1 aliphatic heterocycles. The minimum atomic E-state index is -0.148. The third-order valence-corrected chi connectivity index (χ3v) is 3.52. The van der Waals surface area contributed by atoms with Crippen molar-refractivity contribution in [1.29, 1.82) is 0 Å². The van der Waals surface area contributed by atoms with E-state index in [0.29, 0.717) is 43.7 Å². The van der Waals surface area contributed by atoms with Gasteiger partial charge in [-0.15, -0.1) is 0 Å². The van der Waals surface area contributed by atoms with Gasteiger partial charge in [-0.05, 0) is 19.1 Å². The molecule has 0 unspecified atom stereocenters. The molecule has 2 amide bonds. The fourth-order valence-electron chi connectivity index (χ4n) is 2.37. The highest BCUT2D eigenvalue weighted by Gasteiger charge is 2.26. The van der Waals surface area contributed by atoms with E-state index >= 15 is 0 Å². The monoisotopic (exact) mass is 304 g/mol. The van der Waals surface area contributed by atoms with Crippen molar-refractivity contribution in [1.82, 2.24) is 19.9 Å². The third-order valence-electron chi connectivity index (χ3n) is 3.52. The van der Waals surface area contributed by atoms with E-state index in [0.717, 1.165) is 0 Å². The molecule has 116 valence electrons. The SMILES string of the molecule is Cc1noc(CC(=O)N2CCN(C(=O)c3ccco3)CC2)n1. The van der Waals surface area contributed by atoms with Gasteiger partial charge in [-0.2, -0.15) is 4.98 Å². The zero-order valence-corrected chi connectivity index (χ0v) is 12.2. The Balaban J connectivity index is 1.53. The summed E-state index contributed by atoms with van der Waals surface area (Å²) in [4.78, 5) is 31.7. The smallest absolute Gasteiger partial charge is 0.289 e. The third kappa shape index (κ3) is 3.00. The highest BCUT2D eigenvalue weighted by atomic mass is 16.5. The quantitative estimate of drug-likeness (QED) is 0.819. The Labute approximate surface area is 126 Å². The maximum Gasteiger partial charge on any atom is 0.289 e. The molecule has 2 aromatic rings. The molecule has 0 bridgehead atoms. The predicted octanol–water partition coefficient (Wildman–Crippen LogP) is 0.498. The van der Waals surface area contributed by atoms with E-state index in [2.05, 4.69) is 10.1 Å². The highest BCUT2D eigenvalue weighted by molar-refractivity contribution is 5.91. The molecule has 0 aliphatic carbocycles. The first kappa shape index (κ1) is 14.3. The Kier molecular flexibility index (Phi) is 3.90. The van der Waals surface area contributed by atoms with Gasteiger partial charge in [0.2, 0.25) is 11.8 Å². The Hall–Kier alpha value is -2.64. The lowest BCUT2D eigenvalue weighted by atomic mass is 10.2. The fraction of sp³-hybridized carbons (Fsp3) is 0.429. The normalized spacial score (nSPS) is 15.1. The molecule has 3 rings (SSSR count). The van der Waals surface area contributed by atoms with Crippen molar-refractivity contribution in [2.45, 2.75) is 13.3 Å². The van der Waals surface area contributed by atoms with Crippen molar-refractivity contribution in [3.8, 4) is 0 Å². The van der Waals surface area contributed by atoms with Gasteiger partial charge in [0, 0.05) is 26.2 Å². The summed E-state index contributed by atoms with van der Waals surface area (Å²) in [6, 6.07) is 3.32. The van der Waals surface area contributed by atoms with Crippen LogP contribution in [0.4, 0.5) is 0 Å². The van der Waals surface area contributed by atoms with Gasteiger partial charge in [0.05, 0.1) is 6.26 Å². The predicted molar refractivity (Wildman–Crippen MR) is 73.9 cm³/mol. The molecule has 2 aromatic heterocycles. The van der Waals surface area contributed by atoms with Crippen LogP contribution in [0.5, 0.6) is 0 Å². The molecule has 0 spiro atoms. The number of aromatic nitrogens is 2. The lowest BCUT2D eigenvalue weighted by Crippen LogP contribution is -2.50. The van der Waals surface area contributed by atoms with E-state index in [1.54, 1.807) is 28.9 Å². The molecule has 22 heavy (non-hydrogen) atoms. The van der Waals surface area contributed by atoms with Gasteiger partial charge in [-0.25, -0.2) is 0 Å². The summed E-state index contributed by atoms with van der Waals surface area (Å²) in [7, 11) is 0. The number of rotatable bonds is 3. The molecule has 0 N–H and O–H groups in total. The van der Waals surface area contributed by atoms with Crippen LogP contribution in [-0.2, 0) is 11.2 Å². The Morgan fingerprint density at radius 1 is 1.23 bits per heavy atom. The fourth-order valence-corrected chi connectivity index (χ4v) is 2.37. The first-order valence-corrected chi connectivity index (χ1v) is 7.03. The summed E-state index contributed by atoms with van der Waals surface area (Å²) in [5.74, 6) is 0.924. The number of piperazine rings is 1. The van der Waals surface area contributed by atoms with Crippen LogP contribution in [0.3, 0.4) is 0 Å². The van der Waals surface area contributed by atoms with E-state index in [4.69, 9.17) is 8.94 Å². The number of hydrogen-bond acceptors (Lipinski definition) is 6. The summed E-state index contributed by atoms with van der Waals surface area (Å²) in [5.41, 5.74) is 0. The zero-order valence-electron chi connectivity index (χ0n) is 12.2. The highest BCUT2D eigenvalue weighted by Crippen LogP contribution is 2.10. The second-order valence-corrected chi connectivity index (χ2v) is 5.06. The standard InChI is InChI=1S/C14H16N4O4/c1-10-15-12(22-16-10)9-13(19)17-4-6-18(7-5-17)14(20)11-3-2-8-21-11/h2-3,8H,4-7,9H2,1H3. The average Bonchev–Trinajstić information content (AvgIpc) is 3.18. The van der Waals surface area contributed by atoms with Gasteiger partial charge in [0.15, 0.2) is 11.6 Å². The van der Waals surface area contributed by atoms with E-state index < -0.39 is 0 Å². The van der Waals surface area contributed by atoms with Gasteiger partial charge in [0.1, 0.15) is 6.42 Å². The number of hydrogen-bond donors (Lipinski definition) is 0. The summed E-state index contributed by atoms with van der Waals surface area (Å²) in [6.45, 7) is 3.63. The Morgan fingerprint density at radius 2 is 1.95 bits per heavy atom. The number of furan rings is 1. The first-order chi connectivity index (χ1) is 10.6. The molecule has 0 aromatic carbocycles. The van der Waals surface area contributed by atoms with Crippen molar-refractivity contribution in [2.24, 2.45) is 0 Å². The zero-order chi connectivity index (χ0) is 15.5. The molecule has 1 fully saturated rings. The molecule has 1 saturated heterocycles. The van der Waals surface area contributed by atoms with Crippen molar-refractivity contribution in [3.63, 3.8) is 0 Å². The lowest BCUT2D eigenvalue weighted by Gasteiger charge is -2.34. The molecule has 8 heteroatoms. The van der Waals surface area contributed by atoms with Crippen LogP contribution < -0.4 is 0 Å². The van der Waals surface area contributed by atoms with Gasteiger partial charge < -0.3 is 18.7 Å². The summed E-state index contributed by atoms with van der Waals surface area (Å²) < 4.78 is 10.1. The number of amides is 2. The van der Waals surface area contributed by atoms with Crippen LogP contribution in [0, 0.1) is 6.92 Å². The van der Waals surface area contributed by atoms with Crippen molar-refractivity contribution >= 4 is 11.8 Å². The van der Waals surface area contributed by atoms with Gasteiger partial charge >= 0.3 is 0 Å². The van der Waals surface area contributed by atoms with Crippen molar-refractivity contribution < 1.29 is 18.5 Å². The molecule has 0 atom stereocenters. The average molecular weight is 304 g/mol. The van der Waals surface area contributed by atoms with Crippen LogP contribution in [0.2, 0.25) is 0 Å². The van der Waals surface area contributed by atoms with Gasteiger partial charge in [0.25, 0.3) is 5.91 Å². The first-order valence-electron chi connectivity index (χ1n) is 7.03. The van der Waals surface area contributed by atoms with Crippen LogP contribution in [-0.4, -0.2) is 57.9 Å². The molecule has 8 nitrogen and oxygen atoms in total. The van der Waals surface area contributed by atoms with Crippen LogP contribution >= 0.6 is 0 Å².